The van der Waals surface area contributed by atoms with E-state index >= 15 is 0 Å². The van der Waals surface area contributed by atoms with E-state index in [0.717, 1.165) is 11.3 Å². The molecule has 112 valence electrons. The van der Waals surface area contributed by atoms with Gasteiger partial charge in [0.1, 0.15) is 14.8 Å². The predicted molar refractivity (Wildman–Crippen MR) is 86.0 cm³/mol. The minimum atomic E-state index is -3.88. The third-order valence-electron chi connectivity index (χ3n) is 2.53. The zero-order chi connectivity index (χ0) is 15.8. The summed E-state index contributed by atoms with van der Waals surface area (Å²) in [5.74, 6) is -1.09. The van der Waals surface area contributed by atoms with Crippen molar-refractivity contribution < 1.29 is 18.3 Å². The molecule has 1 aromatic heterocycles. The largest absolute Gasteiger partial charge is 0.477 e. The van der Waals surface area contributed by atoms with E-state index in [-0.39, 0.29) is 19.8 Å². The molecule has 1 aromatic carbocycles. The quantitative estimate of drug-likeness (QED) is 0.799. The van der Waals surface area contributed by atoms with Crippen molar-refractivity contribution >= 4 is 59.9 Å². The molecule has 0 aliphatic carbocycles. The third kappa shape index (κ3) is 3.57. The Morgan fingerprint density at radius 2 is 2.05 bits per heavy atom. The Labute approximate surface area is 138 Å². The molecule has 0 unspecified atom stereocenters. The molecule has 21 heavy (non-hydrogen) atoms. The van der Waals surface area contributed by atoms with Crippen molar-refractivity contribution in [3.8, 4) is 0 Å². The monoisotopic (exact) mass is 409 g/mol. The number of thiophene rings is 1. The van der Waals surface area contributed by atoms with Crippen LogP contribution in [0.2, 0.25) is 5.02 Å². The number of nitrogens with one attached hydrogen (secondary N) is 1. The van der Waals surface area contributed by atoms with Crippen molar-refractivity contribution in [2.24, 2.45) is 0 Å². The van der Waals surface area contributed by atoms with Gasteiger partial charge in [0.15, 0.2) is 0 Å². The van der Waals surface area contributed by atoms with E-state index in [1.54, 1.807) is 13.0 Å². The van der Waals surface area contributed by atoms with Crippen molar-refractivity contribution in [3.63, 3.8) is 0 Å². The van der Waals surface area contributed by atoms with Gasteiger partial charge in [0, 0.05) is 4.47 Å². The standard InChI is InChI=1S/C12H9BrClNO4S2/c1-6-4-10(20-11(6)12(16)17)15-21(18,19)9-3-2-7(13)5-8(9)14/h2-5,15H,1H3,(H,16,17). The first-order valence-electron chi connectivity index (χ1n) is 5.52. The first-order chi connectivity index (χ1) is 9.70. The Hall–Kier alpha value is -1.09. The molecular formula is C12H9BrClNO4S2. The number of carboxylic acids is 1. The number of sulfonamides is 1. The number of hydrogen-bond donors (Lipinski definition) is 2. The minimum absolute atomic E-state index is 0.0728. The summed E-state index contributed by atoms with van der Waals surface area (Å²) in [4.78, 5) is 11.0. The third-order valence-corrected chi connectivity index (χ3v) is 6.14. The van der Waals surface area contributed by atoms with Gasteiger partial charge in [-0.3, -0.25) is 4.72 Å². The maximum Gasteiger partial charge on any atom is 0.346 e. The fraction of sp³-hybridized carbons (Fsp3) is 0.0833. The molecule has 0 saturated heterocycles. The van der Waals surface area contributed by atoms with Crippen LogP contribution in [0.25, 0.3) is 0 Å². The first-order valence-corrected chi connectivity index (χ1v) is 8.99. The zero-order valence-electron chi connectivity index (χ0n) is 10.6. The molecule has 1 heterocycles. The Bertz CT molecular complexity index is 817. The van der Waals surface area contributed by atoms with E-state index in [4.69, 9.17) is 16.7 Å². The van der Waals surface area contributed by atoms with E-state index in [0.29, 0.717) is 10.0 Å². The molecule has 0 amide bonds. The van der Waals surface area contributed by atoms with Gasteiger partial charge in [-0.2, -0.15) is 0 Å². The number of hydrogen-bond acceptors (Lipinski definition) is 4. The average Bonchev–Trinajstić information content (AvgIpc) is 2.68. The molecule has 2 N–H and O–H groups in total. The van der Waals surface area contributed by atoms with Crippen LogP contribution in [0.5, 0.6) is 0 Å². The van der Waals surface area contributed by atoms with Crippen LogP contribution < -0.4 is 4.72 Å². The summed E-state index contributed by atoms with van der Waals surface area (Å²) in [6, 6.07) is 5.87. The van der Waals surface area contributed by atoms with Crippen LogP contribution in [0.1, 0.15) is 15.2 Å². The number of aromatic carboxylic acids is 1. The summed E-state index contributed by atoms with van der Waals surface area (Å²) >= 11 is 9.98. The number of rotatable bonds is 4. The van der Waals surface area contributed by atoms with E-state index in [2.05, 4.69) is 20.7 Å². The summed E-state index contributed by atoms with van der Waals surface area (Å²) in [5, 5.41) is 9.27. The Morgan fingerprint density at radius 3 is 2.57 bits per heavy atom. The van der Waals surface area contributed by atoms with Gasteiger partial charge < -0.3 is 5.11 Å². The lowest BCUT2D eigenvalue weighted by molar-refractivity contribution is 0.0701. The second-order valence-corrected chi connectivity index (χ2v) is 8.13. The molecule has 0 saturated carbocycles. The molecule has 2 aromatic rings. The van der Waals surface area contributed by atoms with Gasteiger partial charge in [-0.15, -0.1) is 11.3 Å². The maximum atomic E-state index is 12.3. The SMILES string of the molecule is Cc1cc(NS(=O)(=O)c2ccc(Br)cc2Cl)sc1C(=O)O. The van der Waals surface area contributed by atoms with Crippen molar-refractivity contribution in [2.45, 2.75) is 11.8 Å². The summed E-state index contributed by atoms with van der Waals surface area (Å²) in [5.41, 5.74) is 0.493. The van der Waals surface area contributed by atoms with Gasteiger partial charge in [-0.25, -0.2) is 13.2 Å². The second-order valence-electron chi connectivity index (χ2n) is 4.11. The number of aryl methyl sites for hydroxylation is 1. The molecule has 0 aliphatic heterocycles. The van der Waals surface area contributed by atoms with Crippen LogP contribution in [-0.4, -0.2) is 19.5 Å². The molecule has 0 bridgehead atoms. The van der Waals surface area contributed by atoms with E-state index in [9.17, 15) is 13.2 Å². The van der Waals surface area contributed by atoms with Gasteiger partial charge >= 0.3 is 5.97 Å². The number of benzene rings is 1. The van der Waals surface area contributed by atoms with Crippen molar-refractivity contribution in [2.75, 3.05) is 4.72 Å². The van der Waals surface area contributed by atoms with Gasteiger partial charge in [0.05, 0.1) is 5.02 Å². The fourth-order valence-corrected chi connectivity index (χ4v) is 4.86. The lowest BCUT2D eigenvalue weighted by atomic mass is 10.3. The highest BCUT2D eigenvalue weighted by atomic mass is 79.9. The van der Waals surface area contributed by atoms with E-state index in [1.165, 1.54) is 18.2 Å². The lowest BCUT2D eigenvalue weighted by Gasteiger charge is -2.07. The van der Waals surface area contributed by atoms with E-state index in [1.807, 2.05) is 0 Å². The molecule has 5 nitrogen and oxygen atoms in total. The predicted octanol–water partition coefficient (Wildman–Crippen LogP) is 3.97. The molecular weight excluding hydrogens is 402 g/mol. The van der Waals surface area contributed by atoms with Crippen LogP contribution in [0.15, 0.2) is 33.6 Å². The summed E-state index contributed by atoms with van der Waals surface area (Å²) < 4.78 is 27.5. The highest BCUT2D eigenvalue weighted by Gasteiger charge is 2.21. The Balaban J connectivity index is 2.37. The Kier molecular flexibility index (Phi) is 4.62. The molecule has 9 heteroatoms. The number of carboxylic acid groups (broad SMARTS) is 1. The summed E-state index contributed by atoms with van der Waals surface area (Å²) in [7, 11) is -3.88. The van der Waals surface area contributed by atoms with Crippen LogP contribution in [0.3, 0.4) is 0 Å². The molecule has 0 atom stereocenters. The molecule has 0 spiro atoms. The van der Waals surface area contributed by atoms with Gasteiger partial charge in [0.25, 0.3) is 10.0 Å². The number of anilines is 1. The Morgan fingerprint density at radius 1 is 1.38 bits per heavy atom. The summed E-state index contributed by atoms with van der Waals surface area (Å²) in [6.45, 7) is 1.60. The zero-order valence-corrected chi connectivity index (χ0v) is 14.5. The molecule has 0 fully saturated rings. The molecule has 2 rings (SSSR count). The van der Waals surface area contributed by atoms with Crippen molar-refractivity contribution in [3.05, 3.63) is 44.2 Å². The topological polar surface area (TPSA) is 83.5 Å². The van der Waals surface area contributed by atoms with Crippen LogP contribution in [0, 0.1) is 6.92 Å². The van der Waals surface area contributed by atoms with Crippen molar-refractivity contribution in [1.82, 2.24) is 0 Å². The van der Waals surface area contributed by atoms with Gasteiger partial charge in [-0.05, 0) is 36.8 Å². The summed E-state index contributed by atoms with van der Waals surface area (Å²) in [6.07, 6.45) is 0. The highest BCUT2D eigenvalue weighted by molar-refractivity contribution is 9.10. The second kappa shape index (κ2) is 5.96. The van der Waals surface area contributed by atoms with Crippen molar-refractivity contribution in [1.29, 1.82) is 0 Å². The van der Waals surface area contributed by atoms with Gasteiger partial charge in [-0.1, -0.05) is 27.5 Å². The average molecular weight is 411 g/mol. The van der Waals surface area contributed by atoms with Crippen LogP contribution in [0.4, 0.5) is 5.00 Å². The number of halogens is 2. The smallest absolute Gasteiger partial charge is 0.346 e. The lowest BCUT2D eigenvalue weighted by Crippen LogP contribution is -2.12. The van der Waals surface area contributed by atoms with E-state index < -0.39 is 16.0 Å². The normalized spacial score (nSPS) is 11.4. The van der Waals surface area contributed by atoms with Gasteiger partial charge in [0.2, 0.25) is 0 Å². The minimum Gasteiger partial charge on any atom is -0.477 e. The first kappa shape index (κ1) is 16.3. The molecule has 0 aliphatic rings. The highest BCUT2D eigenvalue weighted by Crippen LogP contribution is 2.31. The maximum absolute atomic E-state index is 12.3. The fourth-order valence-electron chi connectivity index (χ4n) is 1.63. The van der Waals surface area contributed by atoms with Crippen LogP contribution in [-0.2, 0) is 10.0 Å². The van der Waals surface area contributed by atoms with Crippen LogP contribution >= 0.6 is 38.9 Å². The number of carbonyl (C=O) groups is 1. The molecule has 0 radical (unpaired) electrons.